The van der Waals surface area contributed by atoms with Crippen molar-refractivity contribution in [2.75, 3.05) is 6.54 Å². The van der Waals surface area contributed by atoms with Crippen molar-refractivity contribution in [2.24, 2.45) is 7.05 Å². The molecule has 0 atom stereocenters. The maximum absolute atomic E-state index is 4.29. The van der Waals surface area contributed by atoms with Crippen LogP contribution in [0.3, 0.4) is 0 Å². The van der Waals surface area contributed by atoms with Crippen molar-refractivity contribution in [1.29, 1.82) is 0 Å². The molecule has 0 fully saturated rings. The SMILES string of the molecule is CCCCCCCCCCNCc1cn(C)cn1. The summed E-state index contributed by atoms with van der Waals surface area (Å²) in [5.41, 5.74) is 1.14. The Labute approximate surface area is 112 Å². The molecule has 0 aliphatic rings. The van der Waals surface area contributed by atoms with E-state index in [4.69, 9.17) is 0 Å². The highest BCUT2D eigenvalue weighted by atomic mass is 15.0. The molecule has 1 heterocycles. The van der Waals surface area contributed by atoms with Crippen LogP contribution < -0.4 is 5.32 Å². The van der Waals surface area contributed by atoms with Crippen molar-refractivity contribution in [1.82, 2.24) is 14.9 Å². The topological polar surface area (TPSA) is 29.9 Å². The Hall–Kier alpha value is -0.830. The molecule has 3 nitrogen and oxygen atoms in total. The van der Waals surface area contributed by atoms with E-state index in [1.165, 1.54) is 51.4 Å². The van der Waals surface area contributed by atoms with Crippen LogP contribution in [0.2, 0.25) is 0 Å². The zero-order chi connectivity index (χ0) is 13.1. The second-order valence-corrected chi connectivity index (χ2v) is 5.18. The minimum atomic E-state index is 0.900. The lowest BCUT2D eigenvalue weighted by Crippen LogP contribution is -2.14. The van der Waals surface area contributed by atoms with Gasteiger partial charge < -0.3 is 9.88 Å². The van der Waals surface area contributed by atoms with Crippen LogP contribution in [-0.2, 0) is 13.6 Å². The highest BCUT2D eigenvalue weighted by Crippen LogP contribution is 2.07. The van der Waals surface area contributed by atoms with Gasteiger partial charge in [0.2, 0.25) is 0 Å². The van der Waals surface area contributed by atoms with Crippen molar-refractivity contribution < 1.29 is 0 Å². The van der Waals surface area contributed by atoms with Crippen molar-refractivity contribution in [3.05, 3.63) is 18.2 Å². The first-order valence-electron chi connectivity index (χ1n) is 7.50. The van der Waals surface area contributed by atoms with E-state index in [-0.39, 0.29) is 0 Å². The summed E-state index contributed by atoms with van der Waals surface area (Å²) in [6.45, 7) is 4.29. The van der Waals surface area contributed by atoms with Gasteiger partial charge in [0.25, 0.3) is 0 Å². The first-order valence-corrected chi connectivity index (χ1v) is 7.50. The molecule has 1 aromatic heterocycles. The second-order valence-electron chi connectivity index (χ2n) is 5.18. The molecule has 0 amide bonds. The van der Waals surface area contributed by atoms with E-state index in [1.54, 1.807) is 0 Å². The van der Waals surface area contributed by atoms with E-state index in [0.29, 0.717) is 0 Å². The number of rotatable bonds is 11. The Kier molecular flexibility index (Phi) is 8.57. The molecule has 0 unspecified atom stereocenters. The fourth-order valence-electron chi connectivity index (χ4n) is 2.16. The van der Waals surface area contributed by atoms with Gasteiger partial charge in [-0.15, -0.1) is 0 Å². The summed E-state index contributed by atoms with van der Waals surface area (Å²) >= 11 is 0. The normalized spacial score (nSPS) is 11.0. The number of imidazole rings is 1. The van der Waals surface area contributed by atoms with Crippen LogP contribution in [0.4, 0.5) is 0 Å². The lowest BCUT2D eigenvalue weighted by molar-refractivity contribution is 0.553. The Morgan fingerprint density at radius 2 is 1.72 bits per heavy atom. The molecule has 0 radical (unpaired) electrons. The van der Waals surface area contributed by atoms with E-state index < -0.39 is 0 Å². The Bertz CT molecular complexity index is 294. The molecule has 0 saturated carbocycles. The average Bonchev–Trinajstić information content (AvgIpc) is 2.77. The first-order chi connectivity index (χ1) is 8.83. The van der Waals surface area contributed by atoms with Gasteiger partial charge in [0, 0.05) is 19.8 Å². The van der Waals surface area contributed by atoms with Crippen LogP contribution in [-0.4, -0.2) is 16.1 Å². The third-order valence-electron chi connectivity index (χ3n) is 3.27. The number of nitrogens with one attached hydrogen (secondary N) is 1. The Morgan fingerprint density at radius 1 is 1.06 bits per heavy atom. The van der Waals surface area contributed by atoms with Gasteiger partial charge in [0.15, 0.2) is 0 Å². The van der Waals surface area contributed by atoms with Gasteiger partial charge in [-0.1, -0.05) is 51.9 Å². The van der Waals surface area contributed by atoms with Crippen molar-refractivity contribution in [3.8, 4) is 0 Å². The molecule has 0 aliphatic carbocycles. The zero-order valence-electron chi connectivity index (χ0n) is 12.1. The van der Waals surface area contributed by atoms with Gasteiger partial charge in [0.1, 0.15) is 0 Å². The average molecular weight is 251 g/mol. The van der Waals surface area contributed by atoms with Gasteiger partial charge in [-0.25, -0.2) is 4.98 Å². The predicted molar refractivity (Wildman–Crippen MR) is 77.5 cm³/mol. The molecule has 18 heavy (non-hydrogen) atoms. The van der Waals surface area contributed by atoms with Crippen molar-refractivity contribution in [3.63, 3.8) is 0 Å². The molecular formula is C15H29N3. The molecule has 0 aliphatic heterocycles. The monoisotopic (exact) mass is 251 g/mol. The van der Waals surface area contributed by atoms with Gasteiger partial charge in [-0.2, -0.15) is 0 Å². The summed E-state index contributed by atoms with van der Waals surface area (Å²) in [7, 11) is 2.01. The molecule has 0 aromatic carbocycles. The predicted octanol–water partition coefficient (Wildman–Crippen LogP) is 3.65. The lowest BCUT2D eigenvalue weighted by atomic mass is 10.1. The lowest BCUT2D eigenvalue weighted by Gasteiger charge is -2.03. The van der Waals surface area contributed by atoms with Crippen LogP contribution in [0.25, 0.3) is 0 Å². The summed E-state index contributed by atoms with van der Waals surface area (Å²) in [5.74, 6) is 0. The van der Waals surface area contributed by atoms with E-state index in [0.717, 1.165) is 18.8 Å². The summed E-state index contributed by atoms with van der Waals surface area (Å²) in [6, 6.07) is 0. The minimum Gasteiger partial charge on any atom is -0.340 e. The number of hydrogen-bond acceptors (Lipinski definition) is 2. The maximum Gasteiger partial charge on any atom is 0.0947 e. The molecule has 1 rings (SSSR count). The van der Waals surface area contributed by atoms with Crippen LogP contribution in [0.5, 0.6) is 0 Å². The second kappa shape index (κ2) is 10.1. The quantitative estimate of drug-likeness (QED) is 0.608. The number of aryl methyl sites for hydroxylation is 1. The molecule has 0 bridgehead atoms. The van der Waals surface area contributed by atoms with E-state index in [1.807, 2.05) is 17.9 Å². The first kappa shape index (κ1) is 15.2. The standard InChI is InChI=1S/C15H29N3/c1-3-4-5-6-7-8-9-10-11-16-12-15-13-18(2)14-17-15/h13-14,16H,3-12H2,1-2H3. The summed E-state index contributed by atoms with van der Waals surface area (Å²) in [5, 5.41) is 3.45. The third kappa shape index (κ3) is 7.49. The van der Waals surface area contributed by atoms with Crippen LogP contribution >= 0.6 is 0 Å². The van der Waals surface area contributed by atoms with Crippen molar-refractivity contribution in [2.45, 2.75) is 64.8 Å². The smallest absolute Gasteiger partial charge is 0.0947 e. The Morgan fingerprint density at radius 3 is 2.33 bits per heavy atom. The molecule has 1 aromatic rings. The molecule has 104 valence electrons. The van der Waals surface area contributed by atoms with E-state index in [9.17, 15) is 0 Å². The van der Waals surface area contributed by atoms with Gasteiger partial charge >= 0.3 is 0 Å². The van der Waals surface area contributed by atoms with Crippen LogP contribution in [0.1, 0.15) is 64.0 Å². The fraction of sp³-hybridized carbons (Fsp3) is 0.800. The fourth-order valence-corrected chi connectivity index (χ4v) is 2.16. The summed E-state index contributed by atoms with van der Waals surface area (Å²) < 4.78 is 1.99. The number of nitrogens with zero attached hydrogens (tertiary/aromatic N) is 2. The Balaban J connectivity index is 1.81. The highest BCUT2D eigenvalue weighted by molar-refractivity contribution is 4.95. The minimum absolute atomic E-state index is 0.900. The molecule has 0 spiro atoms. The number of unbranched alkanes of at least 4 members (excludes halogenated alkanes) is 7. The van der Waals surface area contributed by atoms with Gasteiger partial charge in [-0.05, 0) is 13.0 Å². The van der Waals surface area contributed by atoms with Crippen molar-refractivity contribution >= 4 is 0 Å². The number of hydrogen-bond donors (Lipinski definition) is 1. The third-order valence-corrected chi connectivity index (χ3v) is 3.27. The molecule has 1 N–H and O–H groups in total. The van der Waals surface area contributed by atoms with Crippen LogP contribution in [0, 0.1) is 0 Å². The summed E-state index contributed by atoms with van der Waals surface area (Å²) in [4.78, 5) is 4.29. The summed E-state index contributed by atoms with van der Waals surface area (Å²) in [6.07, 6.45) is 15.0. The highest BCUT2D eigenvalue weighted by Gasteiger charge is 1.95. The largest absolute Gasteiger partial charge is 0.340 e. The maximum atomic E-state index is 4.29. The van der Waals surface area contributed by atoms with E-state index in [2.05, 4.69) is 23.4 Å². The van der Waals surface area contributed by atoms with Gasteiger partial charge in [0.05, 0.1) is 12.0 Å². The molecule has 3 heteroatoms. The van der Waals surface area contributed by atoms with Gasteiger partial charge in [-0.3, -0.25) is 0 Å². The van der Waals surface area contributed by atoms with E-state index >= 15 is 0 Å². The zero-order valence-corrected chi connectivity index (χ0v) is 12.1. The number of aromatic nitrogens is 2. The van der Waals surface area contributed by atoms with Crippen LogP contribution in [0.15, 0.2) is 12.5 Å². The molecule has 0 saturated heterocycles. The molecular weight excluding hydrogens is 222 g/mol.